The average molecular weight is 539 g/mol. The van der Waals surface area contributed by atoms with Gasteiger partial charge in [-0.05, 0) is 91.3 Å². The summed E-state index contributed by atoms with van der Waals surface area (Å²) in [6, 6.07) is 0. The van der Waals surface area contributed by atoms with E-state index < -0.39 is 11.7 Å². The molecule has 0 radical (unpaired) electrons. The van der Waals surface area contributed by atoms with Crippen molar-refractivity contribution >= 4 is 11.9 Å². The SMILES string of the molecule is CC(=O)OC1CCC2(C)C3CCC4(C)C(C(C)C=CC(C)C(C)C)CCC4C34C=CC2(C1)C1C(=O)OC(O)C14. The molecule has 1 saturated heterocycles. The van der Waals surface area contributed by atoms with Crippen molar-refractivity contribution in [3.63, 3.8) is 0 Å². The lowest BCUT2D eigenvalue weighted by Crippen LogP contribution is -2.72. The molecule has 1 aliphatic heterocycles. The van der Waals surface area contributed by atoms with E-state index in [2.05, 4.69) is 65.8 Å². The van der Waals surface area contributed by atoms with E-state index in [1.165, 1.54) is 19.8 Å². The lowest BCUT2D eigenvalue weighted by atomic mass is 9.28. The maximum atomic E-state index is 13.6. The molecule has 0 aromatic heterocycles. The van der Waals surface area contributed by atoms with Crippen LogP contribution in [0.15, 0.2) is 24.3 Å². The molecule has 5 nitrogen and oxygen atoms in total. The van der Waals surface area contributed by atoms with Crippen LogP contribution in [0.4, 0.5) is 0 Å². The Morgan fingerprint density at radius 2 is 1.79 bits per heavy atom. The van der Waals surface area contributed by atoms with Gasteiger partial charge in [0.25, 0.3) is 0 Å². The van der Waals surface area contributed by atoms with Crippen LogP contribution in [-0.4, -0.2) is 29.4 Å². The number of allylic oxidation sites excluding steroid dienone is 4. The van der Waals surface area contributed by atoms with E-state index in [1.54, 1.807) is 0 Å². The predicted octanol–water partition coefficient (Wildman–Crippen LogP) is 6.70. The minimum atomic E-state index is -1.06. The molecule has 1 N–H and O–H groups in total. The van der Waals surface area contributed by atoms with Crippen molar-refractivity contribution in [3.8, 4) is 0 Å². The third-order valence-electron chi connectivity index (χ3n) is 13.7. The summed E-state index contributed by atoms with van der Waals surface area (Å²) in [6.45, 7) is 15.7. The molecule has 5 fully saturated rings. The van der Waals surface area contributed by atoms with Crippen molar-refractivity contribution in [1.82, 2.24) is 0 Å². The lowest BCUT2D eigenvalue weighted by molar-refractivity contribution is -0.262. The van der Waals surface area contributed by atoms with Gasteiger partial charge in [-0.3, -0.25) is 9.59 Å². The van der Waals surface area contributed by atoms with Crippen LogP contribution in [0.25, 0.3) is 0 Å². The van der Waals surface area contributed by atoms with Gasteiger partial charge in [0.05, 0.1) is 5.92 Å². The van der Waals surface area contributed by atoms with Crippen LogP contribution >= 0.6 is 0 Å². The Kier molecular flexibility index (Phi) is 6.31. The van der Waals surface area contributed by atoms with Gasteiger partial charge in [0, 0.05) is 23.7 Å². The van der Waals surface area contributed by atoms with Crippen molar-refractivity contribution in [2.24, 2.45) is 69.0 Å². The smallest absolute Gasteiger partial charge is 0.312 e. The number of rotatable bonds is 5. The summed E-state index contributed by atoms with van der Waals surface area (Å²) >= 11 is 0. The summed E-state index contributed by atoms with van der Waals surface area (Å²) in [5, 5.41) is 11.4. The maximum absolute atomic E-state index is 13.6. The highest BCUT2D eigenvalue weighted by Crippen LogP contribution is 2.82. The van der Waals surface area contributed by atoms with E-state index in [0.29, 0.717) is 41.9 Å². The first-order chi connectivity index (χ1) is 18.3. The van der Waals surface area contributed by atoms with Crippen molar-refractivity contribution in [2.45, 2.75) is 106 Å². The normalized spacial score (nSPS) is 51.2. The first-order valence-corrected chi connectivity index (χ1v) is 15.8. The first-order valence-electron chi connectivity index (χ1n) is 15.8. The molecule has 0 aromatic carbocycles. The van der Waals surface area contributed by atoms with Gasteiger partial charge in [-0.2, -0.15) is 0 Å². The van der Waals surface area contributed by atoms with Crippen molar-refractivity contribution in [2.75, 3.05) is 0 Å². The summed E-state index contributed by atoms with van der Waals surface area (Å²) < 4.78 is 11.5. The topological polar surface area (TPSA) is 72.8 Å². The van der Waals surface area contributed by atoms with Crippen LogP contribution in [0.1, 0.15) is 93.4 Å². The fourth-order valence-electron chi connectivity index (χ4n) is 11.7. The average Bonchev–Trinajstić information content (AvgIpc) is 3.39. The van der Waals surface area contributed by atoms with Gasteiger partial charge in [-0.15, -0.1) is 0 Å². The number of aliphatic hydroxyl groups excluding tert-OH is 1. The first kappa shape index (κ1) is 27.5. The molecule has 2 spiro atoms. The molecule has 39 heavy (non-hydrogen) atoms. The van der Waals surface area contributed by atoms with Crippen LogP contribution in [-0.2, 0) is 19.1 Å². The Balaban J connectivity index is 1.42. The number of hydrogen-bond acceptors (Lipinski definition) is 5. The van der Waals surface area contributed by atoms with Gasteiger partial charge < -0.3 is 14.6 Å². The minimum Gasteiger partial charge on any atom is -0.463 e. The second-order valence-electron chi connectivity index (χ2n) is 15.3. The summed E-state index contributed by atoms with van der Waals surface area (Å²) in [4.78, 5) is 25.5. The molecule has 13 atom stereocenters. The number of carbonyl (C=O) groups excluding carboxylic acids is 2. The quantitative estimate of drug-likeness (QED) is 0.312. The second kappa shape index (κ2) is 8.94. The second-order valence-corrected chi connectivity index (χ2v) is 15.3. The number of aliphatic hydroxyl groups is 1. The van der Waals surface area contributed by atoms with E-state index in [4.69, 9.17) is 9.47 Å². The van der Waals surface area contributed by atoms with Gasteiger partial charge in [0.2, 0.25) is 6.29 Å². The van der Waals surface area contributed by atoms with E-state index in [1.807, 2.05) is 0 Å². The molecule has 7 rings (SSSR count). The Labute approximate surface area is 235 Å². The molecular weight excluding hydrogens is 488 g/mol. The van der Waals surface area contributed by atoms with Crippen LogP contribution in [0.5, 0.6) is 0 Å². The Morgan fingerprint density at radius 3 is 2.49 bits per heavy atom. The van der Waals surface area contributed by atoms with Gasteiger partial charge >= 0.3 is 11.9 Å². The molecule has 5 heteroatoms. The van der Waals surface area contributed by atoms with Crippen LogP contribution in [0.2, 0.25) is 0 Å². The monoisotopic (exact) mass is 538 g/mol. The summed E-state index contributed by atoms with van der Waals surface area (Å²) in [6.07, 6.45) is 15.6. The Bertz CT molecular complexity index is 1090. The van der Waals surface area contributed by atoms with E-state index in [0.717, 1.165) is 25.7 Å². The lowest BCUT2D eigenvalue weighted by Gasteiger charge is -2.75. The highest BCUT2D eigenvalue weighted by molar-refractivity contribution is 5.78. The zero-order valence-corrected chi connectivity index (χ0v) is 25.1. The molecule has 0 aromatic rings. The Morgan fingerprint density at radius 1 is 1.05 bits per heavy atom. The Hall–Kier alpha value is -1.62. The molecule has 216 valence electrons. The van der Waals surface area contributed by atoms with Gasteiger partial charge in [0.1, 0.15) is 6.10 Å². The number of hydrogen-bond donors (Lipinski definition) is 1. The van der Waals surface area contributed by atoms with E-state index >= 15 is 0 Å². The highest BCUT2D eigenvalue weighted by Gasteiger charge is 2.81. The number of fused-ring (bicyclic) bond motifs is 1. The van der Waals surface area contributed by atoms with Crippen LogP contribution in [0, 0.1) is 69.0 Å². The zero-order chi connectivity index (χ0) is 28.1. The predicted molar refractivity (Wildman–Crippen MR) is 150 cm³/mol. The van der Waals surface area contributed by atoms with E-state index in [9.17, 15) is 14.7 Å². The maximum Gasteiger partial charge on any atom is 0.312 e. The van der Waals surface area contributed by atoms with Gasteiger partial charge in [-0.25, -0.2) is 0 Å². The zero-order valence-electron chi connectivity index (χ0n) is 25.1. The third-order valence-corrected chi connectivity index (χ3v) is 13.7. The third kappa shape index (κ3) is 3.47. The van der Waals surface area contributed by atoms with Crippen molar-refractivity contribution in [3.05, 3.63) is 24.3 Å². The number of cyclic esters (lactones) is 1. The summed E-state index contributed by atoms with van der Waals surface area (Å²) in [7, 11) is 0. The summed E-state index contributed by atoms with van der Waals surface area (Å²) in [5.74, 6) is 2.01. The highest BCUT2D eigenvalue weighted by atomic mass is 16.6. The van der Waals surface area contributed by atoms with Crippen LogP contribution < -0.4 is 0 Å². The number of carbonyl (C=O) groups is 2. The molecule has 7 aliphatic rings. The standard InChI is InChI=1S/C34H50O5/c1-19(2)20(3)8-9-21(4)24-10-11-25-31(24,6)14-13-26-32(7)15-12-23(38-22(5)35)18-33(32)16-17-34(25,26)28-27(33)29(36)39-30(28)37/h8-9,16-17,19-21,23-28,30,37H,10-15,18H2,1-7H3. The molecule has 6 aliphatic carbocycles. The fourth-order valence-corrected chi connectivity index (χ4v) is 11.7. The molecule has 1 heterocycles. The summed E-state index contributed by atoms with van der Waals surface area (Å²) in [5.41, 5.74) is -0.603. The van der Waals surface area contributed by atoms with Gasteiger partial charge in [-0.1, -0.05) is 65.8 Å². The molecule has 13 unspecified atom stereocenters. The largest absolute Gasteiger partial charge is 0.463 e. The van der Waals surface area contributed by atoms with E-state index in [-0.39, 0.29) is 46.1 Å². The fraction of sp³-hybridized carbons (Fsp3) is 0.824. The van der Waals surface area contributed by atoms with Gasteiger partial charge in [0.15, 0.2) is 0 Å². The number of esters is 2. The minimum absolute atomic E-state index is 0.0831. The molecular formula is C34H50O5. The molecule has 4 saturated carbocycles. The molecule has 2 bridgehead atoms. The number of ether oxygens (including phenoxy) is 2. The van der Waals surface area contributed by atoms with Crippen LogP contribution in [0.3, 0.4) is 0 Å². The molecule has 0 amide bonds. The van der Waals surface area contributed by atoms with Crippen molar-refractivity contribution < 1.29 is 24.2 Å². The van der Waals surface area contributed by atoms with Crippen molar-refractivity contribution in [1.29, 1.82) is 0 Å².